The van der Waals surface area contributed by atoms with Crippen LogP contribution in [0.4, 0.5) is 9.18 Å². The monoisotopic (exact) mass is 448 g/mol. The minimum Gasteiger partial charge on any atom is -0.489 e. The van der Waals surface area contributed by atoms with Gasteiger partial charge in [0.25, 0.3) is 0 Å². The van der Waals surface area contributed by atoms with Gasteiger partial charge in [-0.2, -0.15) is 0 Å². The summed E-state index contributed by atoms with van der Waals surface area (Å²) in [6.45, 7) is 4.02. The van der Waals surface area contributed by atoms with Gasteiger partial charge in [0, 0.05) is 11.3 Å². The molecule has 1 aliphatic rings. The van der Waals surface area contributed by atoms with Crippen molar-refractivity contribution in [2.45, 2.75) is 32.9 Å². The molecule has 0 radical (unpaired) electrons. The van der Waals surface area contributed by atoms with E-state index in [1.807, 2.05) is 43.3 Å². The number of fused-ring (bicyclic) bond motifs is 1. The number of hydrogen-bond donors (Lipinski definition) is 2. The zero-order valence-corrected chi connectivity index (χ0v) is 18.5. The zero-order valence-electron chi connectivity index (χ0n) is 18.5. The maximum atomic E-state index is 13.3. The first-order chi connectivity index (χ1) is 16.0. The number of hydrogen-bond acceptors (Lipinski definition) is 4. The molecule has 4 rings (SSSR count). The van der Waals surface area contributed by atoms with E-state index in [1.165, 1.54) is 12.1 Å². The third kappa shape index (κ3) is 4.67. The van der Waals surface area contributed by atoms with Gasteiger partial charge in [-0.15, -0.1) is 0 Å². The summed E-state index contributed by atoms with van der Waals surface area (Å²) in [5, 5.41) is 7.41. The fraction of sp³-hybridized carbons (Fsp3) is 0.231. The number of rotatable bonds is 7. The second-order valence-corrected chi connectivity index (χ2v) is 7.61. The molecule has 0 aromatic heterocycles. The summed E-state index contributed by atoms with van der Waals surface area (Å²) in [6, 6.07) is 16.4. The number of allylic oxidation sites excluding steroid dienone is 1. The number of nitrogens with one attached hydrogen (secondary N) is 2. The van der Waals surface area contributed by atoms with Crippen LogP contribution in [0.25, 0.3) is 10.8 Å². The van der Waals surface area contributed by atoms with E-state index >= 15 is 0 Å². The first-order valence-electron chi connectivity index (χ1n) is 10.9. The van der Waals surface area contributed by atoms with Gasteiger partial charge in [-0.05, 0) is 47.9 Å². The number of ether oxygens (including phenoxy) is 2. The quantitative estimate of drug-likeness (QED) is 0.491. The minimum absolute atomic E-state index is 0.198. The Morgan fingerprint density at radius 3 is 2.52 bits per heavy atom. The van der Waals surface area contributed by atoms with Crippen LogP contribution in [-0.4, -0.2) is 18.6 Å². The Morgan fingerprint density at radius 1 is 1.03 bits per heavy atom. The summed E-state index contributed by atoms with van der Waals surface area (Å²) in [5.74, 6) is -0.300. The Balaban J connectivity index is 1.84. The summed E-state index contributed by atoms with van der Waals surface area (Å²) in [7, 11) is 0. The number of urea groups is 1. The highest BCUT2D eigenvalue weighted by Crippen LogP contribution is 2.39. The fourth-order valence-electron chi connectivity index (χ4n) is 4.00. The van der Waals surface area contributed by atoms with Crippen molar-refractivity contribution < 1.29 is 23.5 Å². The van der Waals surface area contributed by atoms with Gasteiger partial charge in [0.2, 0.25) is 0 Å². The van der Waals surface area contributed by atoms with E-state index in [2.05, 4.69) is 10.6 Å². The van der Waals surface area contributed by atoms with Crippen LogP contribution in [0.1, 0.15) is 37.4 Å². The van der Waals surface area contributed by atoms with Gasteiger partial charge in [0.15, 0.2) is 0 Å². The second kappa shape index (κ2) is 9.73. The predicted molar refractivity (Wildman–Crippen MR) is 123 cm³/mol. The number of carbonyl (C=O) groups excluding carboxylic acids is 2. The Labute approximate surface area is 191 Å². The molecule has 3 aromatic rings. The second-order valence-electron chi connectivity index (χ2n) is 7.61. The normalized spacial score (nSPS) is 15.7. The van der Waals surface area contributed by atoms with E-state index in [4.69, 9.17) is 9.47 Å². The van der Waals surface area contributed by atoms with E-state index < -0.39 is 18.0 Å². The first-order valence-corrected chi connectivity index (χ1v) is 10.9. The molecule has 6 nitrogen and oxygen atoms in total. The molecule has 0 aliphatic carbocycles. The molecule has 1 unspecified atom stereocenters. The van der Waals surface area contributed by atoms with Gasteiger partial charge in [-0.3, -0.25) is 0 Å². The van der Waals surface area contributed by atoms with E-state index in [-0.39, 0.29) is 19.0 Å². The Kier molecular flexibility index (Phi) is 6.58. The maximum Gasteiger partial charge on any atom is 0.338 e. The number of amides is 2. The molecule has 170 valence electrons. The fourth-order valence-corrected chi connectivity index (χ4v) is 4.00. The Bertz CT molecular complexity index is 1220. The van der Waals surface area contributed by atoms with Crippen LogP contribution in [0.15, 0.2) is 71.9 Å². The van der Waals surface area contributed by atoms with E-state index in [1.54, 1.807) is 19.1 Å². The zero-order chi connectivity index (χ0) is 23.4. The lowest BCUT2D eigenvalue weighted by atomic mass is 9.90. The van der Waals surface area contributed by atoms with Crippen LogP contribution < -0.4 is 15.4 Å². The Hall–Kier alpha value is -3.87. The largest absolute Gasteiger partial charge is 0.489 e. The molecule has 0 bridgehead atoms. The van der Waals surface area contributed by atoms with Crippen LogP contribution in [0.3, 0.4) is 0 Å². The van der Waals surface area contributed by atoms with E-state index in [0.29, 0.717) is 29.0 Å². The van der Waals surface area contributed by atoms with Crippen molar-refractivity contribution in [2.75, 3.05) is 6.61 Å². The third-order valence-electron chi connectivity index (χ3n) is 5.53. The molecule has 0 fully saturated rings. The summed E-state index contributed by atoms with van der Waals surface area (Å²) < 4.78 is 24.8. The van der Waals surface area contributed by atoms with Crippen molar-refractivity contribution in [3.05, 3.63) is 88.9 Å². The molecule has 7 heteroatoms. The van der Waals surface area contributed by atoms with Crippen LogP contribution >= 0.6 is 0 Å². The van der Waals surface area contributed by atoms with Crippen molar-refractivity contribution in [1.82, 2.24) is 10.6 Å². The van der Waals surface area contributed by atoms with Crippen molar-refractivity contribution in [2.24, 2.45) is 0 Å². The molecule has 1 atom stereocenters. The lowest BCUT2D eigenvalue weighted by Crippen LogP contribution is -2.46. The molecule has 2 N–H and O–H groups in total. The average molecular weight is 448 g/mol. The summed E-state index contributed by atoms with van der Waals surface area (Å²) in [4.78, 5) is 25.5. The number of carbonyl (C=O) groups is 2. The Morgan fingerprint density at radius 2 is 1.79 bits per heavy atom. The van der Waals surface area contributed by atoms with Crippen LogP contribution in [-0.2, 0) is 16.1 Å². The third-order valence-corrected chi connectivity index (χ3v) is 5.53. The summed E-state index contributed by atoms with van der Waals surface area (Å²) >= 11 is 0. The van der Waals surface area contributed by atoms with Gasteiger partial charge in [-0.25, -0.2) is 14.0 Å². The highest BCUT2D eigenvalue weighted by Gasteiger charge is 2.35. The minimum atomic E-state index is -0.762. The summed E-state index contributed by atoms with van der Waals surface area (Å²) in [6.07, 6.45) is 0.453. The van der Waals surface area contributed by atoms with E-state index in [9.17, 15) is 14.0 Å². The van der Waals surface area contributed by atoms with Crippen molar-refractivity contribution in [3.8, 4) is 5.75 Å². The van der Waals surface area contributed by atoms with Gasteiger partial charge in [0.1, 0.15) is 18.2 Å². The molecule has 3 aromatic carbocycles. The predicted octanol–water partition coefficient (Wildman–Crippen LogP) is 5.14. The summed E-state index contributed by atoms with van der Waals surface area (Å²) in [5.41, 5.74) is 2.32. The maximum absolute atomic E-state index is 13.3. The van der Waals surface area contributed by atoms with Crippen molar-refractivity contribution >= 4 is 22.8 Å². The number of benzene rings is 3. The number of halogens is 1. The lowest BCUT2D eigenvalue weighted by molar-refractivity contribution is -0.139. The van der Waals surface area contributed by atoms with Gasteiger partial charge in [0.05, 0.1) is 18.2 Å². The SMILES string of the molecule is CCOC(=O)C1=C(CC)NC(=O)NC1c1c(OCc2ccc(F)cc2)ccc2ccccc12. The molecule has 0 saturated carbocycles. The lowest BCUT2D eigenvalue weighted by Gasteiger charge is -2.31. The van der Waals surface area contributed by atoms with Crippen LogP contribution in [0.2, 0.25) is 0 Å². The van der Waals surface area contributed by atoms with Gasteiger partial charge < -0.3 is 20.1 Å². The number of esters is 1. The molecular formula is C26H25FN2O4. The van der Waals surface area contributed by atoms with Crippen molar-refractivity contribution in [1.29, 1.82) is 0 Å². The molecule has 0 spiro atoms. The van der Waals surface area contributed by atoms with Gasteiger partial charge in [-0.1, -0.05) is 49.4 Å². The van der Waals surface area contributed by atoms with E-state index in [0.717, 1.165) is 16.3 Å². The molecule has 1 aliphatic heterocycles. The highest BCUT2D eigenvalue weighted by molar-refractivity contribution is 5.98. The van der Waals surface area contributed by atoms with Crippen LogP contribution in [0.5, 0.6) is 5.75 Å². The first kappa shape index (κ1) is 22.3. The topological polar surface area (TPSA) is 76.7 Å². The smallest absolute Gasteiger partial charge is 0.338 e. The standard InChI is InChI=1S/C26H25FN2O4/c1-3-20-23(25(30)32-4-2)24(29-26(31)28-20)22-19-8-6-5-7-17(19)11-14-21(22)33-15-16-9-12-18(27)13-10-16/h5-14,24H,3-4,15H2,1-2H3,(H2,28,29,31). The molecule has 0 saturated heterocycles. The average Bonchev–Trinajstić information content (AvgIpc) is 2.82. The van der Waals surface area contributed by atoms with Crippen LogP contribution in [0, 0.1) is 5.82 Å². The van der Waals surface area contributed by atoms with Gasteiger partial charge >= 0.3 is 12.0 Å². The van der Waals surface area contributed by atoms with Crippen molar-refractivity contribution in [3.63, 3.8) is 0 Å². The molecule has 1 heterocycles. The molecule has 33 heavy (non-hydrogen) atoms. The molecule has 2 amide bonds. The molecular weight excluding hydrogens is 423 g/mol. The highest BCUT2D eigenvalue weighted by atomic mass is 19.1.